The maximum atomic E-state index is 12.2. The van der Waals surface area contributed by atoms with Gasteiger partial charge in [-0.15, -0.1) is 0 Å². The second-order valence-electron chi connectivity index (χ2n) is 5.27. The van der Waals surface area contributed by atoms with Crippen LogP contribution in [0.5, 0.6) is 0 Å². The van der Waals surface area contributed by atoms with Crippen molar-refractivity contribution in [1.29, 1.82) is 0 Å². The number of nitrogens with zero attached hydrogens (tertiary/aromatic N) is 2. The molecule has 20 heavy (non-hydrogen) atoms. The van der Waals surface area contributed by atoms with Crippen molar-refractivity contribution in [3.05, 3.63) is 36.3 Å². The molecule has 0 unspecified atom stereocenters. The Morgan fingerprint density at radius 1 is 1.55 bits per heavy atom. The first-order valence-corrected chi connectivity index (χ1v) is 7.05. The number of aromatic nitrogens is 2. The lowest BCUT2D eigenvalue weighted by Crippen LogP contribution is -2.39. The molecular formula is C15H19N3O2. The van der Waals surface area contributed by atoms with Crippen molar-refractivity contribution >= 4 is 11.6 Å². The number of hydrogen-bond donors (Lipinski definition) is 1. The molecule has 0 saturated carbocycles. The van der Waals surface area contributed by atoms with E-state index in [1.54, 1.807) is 6.20 Å². The summed E-state index contributed by atoms with van der Waals surface area (Å²) < 4.78 is 7.48. The third-order valence-electron chi connectivity index (χ3n) is 3.87. The number of pyridine rings is 1. The van der Waals surface area contributed by atoms with Gasteiger partial charge >= 0.3 is 0 Å². The van der Waals surface area contributed by atoms with Crippen molar-refractivity contribution in [1.82, 2.24) is 14.7 Å². The molecule has 0 aliphatic carbocycles. The molecule has 2 atom stereocenters. The van der Waals surface area contributed by atoms with Gasteiger partial charge in [-0.1, -0.05) is 0 Å². The average Bonchev–Trinajstić information content (AvgIpc) is 2.92. The molecule has 2 aromatic heterocycles. The van der Waals surface area contributed by atoms with E-state index in [2.05, 4.69) is 10.3 Å². The molecule has 106 valence electrons. The van der Waals surface area contributed by atoms with Gasteiger partial charge in [0.2, 0.25) is 5.91 Å². The predicted octanol–water partition coefficient (Wildman–Crippen LogP) is 1.77. The summed E-state index contributed by atoms with van der Waals surface area (Å²) in [4.78, 5) is 16.4. The number of hydrogen-bond acceptors (Lipinski definition) is 3. The van der Waals surface area contributed by atoms with Crippen LogP contribution in [0.25, 0.3) is 5.65 Å². The van der Waals surface area contributed by atoms with Crippen LogP contribution < -0.4 is 5.32 Å². The van der Waals surface area contributed by atoms with Gasteiger partial charge in [0.05, 0.1) is 12.0 Å². The van der Waals surface area contributed by atoms with Gasteiger partial charge in [-0.05, 0) is 37.5 Å². The lowest BCUT2D eigenvalue weighted by molar-refractivity contribution is -0.133. The third kappa shape index (κ3) is 2.67. The molecule has 1 fully saturated rings. The number of amides is 1. The van der Waals surface area contributed by atoms with Gasteiger partial charge < -0.3 is 14.5 Å². The molecule has 2 aromatic rings. The van der Waals surface area contributed by atoms with Crippen molar-refractivity contribution in [2.75, 3.05) is 6.61 Å². The molecule has 0 radical (unpaired) electrons. The van der Waals surface area contributed by atoms with E-state index >= 15 is 0 Å². The van der Waals surface area contributed by atoms with Gasteiger partial charge in [-0.25, -0.2) is 4.98 Å². The van der Waals surface area contributed by atoms with Crippen molar-refractivity contribution < 1.29 is 9.53 Å². The van der Waals surface area contributed by atoms with Gasteiger partial charge in [0.25, 0.3) is 0 Å². The van der Waals surface area contributed by atoms with Crippen LogP contribution in [0.1, 0.15) is 25.3 Å². The molecule has 0 bridgehead atoms. The van der Waals surface area contributed by atoms with E-state index in [1.807, 2.05) is 35.9 Å². The number of imidazole rings is 1. The maximum Gasteiger partial charge on any atom is 0.225 e. The lowest BCUT2D eigenvalue weighted by Gasteiger charge is -2.28. The van der Waals surface area contributed by atoms with E-state index in [9.17, 15) is 4.79 Å². The molecule has 3 heterocycles. The topological polar surface area (TPSA) is 55.6 Å². The summed E-state index contributed by atoms with van der Waals surface area (Å²) in [5.74, 6) is 0.0549. The maximum absolute atomic E-state index is 12.2. The number of nitrogens with one attached hydrogen (secondary N) is 1. The van der Waals surface area contributed by atoms with Crippen molar-refractivity contribution in [3.8, 4) is 0 Å². The van der Waals surface area contributed by atoms with Gasteiger partial charge in [0.15, 0.2) is 0 Å². The highest BCUT2D eigenvalue weighted by molar-refractivity contribution is 5.79. The summed E-state index contributed by atoms with van der Waals surface area (Å²) in [5.41, 5.74) is 1.95. The first-order chi connectivity index (χ1) is 9.74. The highest BCUT2D eigenvalue weighted by Gasteiger charge is 2.28. The van der Waals surface area contributed by atoms with Crippen molar-refractivity contribution in [3.63, 3.8) is 0 Å². The smallest absolute Gasteiger partial charge is 0.225 e. The number of ether oxygens (including phenoxy) is 1. The van der Waals surface area contributed by atoms with E-state index in [-0.39, 0.29) is 17.9 Å². The zero-order valence-electron chi connectivity index (χ0n) is 11.6. The van der Waals surface area contributed by atoms with Gasteiger partial charge in [-0.2, -0.15) is 0 Å². The predicted molar refractivity (Wildman–Crippen MR) is 75.2 cm³/mol. The molecule has 0 aromatic carbocycles. The molecule has 3 rings (SSSR count). The Bertz CT molecular complexity index is 608. The summed E-state index contributed by atoms with van der Waals surface area (Å²) in [6.45, 7) is 3.27. The first kappa shape index (κ1) is 13.1. The van der Waals surface area contributed by atoms with Crippen LogP contribution in [0.3, 0.4) is 0 Å². The largest absolute Gasteiger partial charge is 0.378 e. The number of rotatable bonds is 3. The normalized spacial score (nSPS) is 22.9. The van der Waals surface area contributed by atoms with Crippen molar-refractivity contribution in [2.45, 2.75) is 32.4 Å². The van der Waals surface area contributed by atoms with Crippen molar-refractivity contribution in [2.24, 2.45) is 5.92 Å². The minimum absolute atomic E-state index is 0.0125. The molecule has 5 heteroatoms. The molecule has 1 aliphatic rings. The lowest BCUT2D eigenvalue weighted by atomic mass is 9.94. The Morgan fingerprint density at radius 2 is 2.45 bits per heavy atom. The summed E-state index contributed by atoms with van der Waals surface area (Å²) in [5, 5.41) is 3.00. The number of carbonyl (C=O) groups excluding carboxylic acids is 1. The molecule has 1 saturated heterocycles. The van der Waals surface area contributed by atoms with E-state index in [0.29, 0.717) is 6.54 Å². The van der Waals surface area contributed by atoms with Crippen LogP contribution in [-0.4, -0.2) is 28.0 Å². The second kappa shape index (κ2) is 5.63. The minimum Gasteiger partial charge on any atom is -0.378 e. The highest BCUT2D eigenvalue weighted by atomic mass is 16.5. The fourth-order valence-electron chi connectivity index (χ4n) is 2.65. The standard InChI is InChI=1S/C15H19N3O2/c1-11-13(3-2-8-20-11)15(19)17-10-12-4-6-18-7-5-16-14(18)9-12/h4-7,9,11,13H,2-3,8,10H2,1H3,(H,17,19)/t11-,13+/m0/s1. The Balaban J connectivity index is 1.61. The van der Waals surface area contributed by atoms with Crippen LogP contribution in [0, 0.1) is 5.92 Å². The van der Waals surface area contributed by atoms with Crippen LogP contribution in [0.2, 0.25) is 0 Å². The fraction of sp³-hybridized carbons (Fsp3) is 0.467. The first-order valence-electron chi connectivity index (χ1n) is 7.05. The monoisotopic (exact) mass is 273 g/mol. The minimum atomic E-state index is -0.0288. The molecule has 0 spiro atoms. The van der Waals surface area contributed by atoms with Crippen LogP contribution in [0.4, 0.5) is 0 Å². The zero-order chi connectivity index (χ0) is 13.9. The zero-order valence-corrected chi connectivity index (χ0v) is 11.6. The molecular weight excluding hydrogens is 254 g/mol. The van der Waals surface area contributed by atoms with E-state index in [0.717, 1.165) is 30.7 Å². The SMILES string of the molecule is C[C@@H]1OCCC[C@H]1C(=O)NCc1ccn2ccnc2c1. The Hall–Kier alpha value is -1.88. The molecule has 5 nitrogen and oxygen atoms in total. The average molecular weight is 273 g/mol. The molecule has 1 N–H and O–H groups in total. The number of fused-ring (bicyclic) bond motifs is 1. The summed E-state index contributed by atoms with van der Waals surface area (Å²) in [6.07, 6.45) is 7.50. The second-order valence-corrected chi connectivity index (χ2v) is 5.27. The fourth-order valence-corrected chi connectivity index (χ4v) is 2.65. The Labute approximate surface area is 118 Å². The van der Waals surface area contributed by atoms with Gasteiger partial charge in [-0.3, -0.25) is 4.79 Å². The van der Waals surface area contributed by atoms with Crippen LogP contribution in [0.15, 0.2) is 30.7 Å². The number of carbonyl (C=O) groups is 1. The summed E-state index contributed by atoms with van der Waals surface area (Å²) in [7, 11) is 0. The molecule has 1 amide bonds. The summed E-state index contributed by atoms with van der Waals surface area (Å²) in [6, 6.07) is 3.98. The van der Waals surface area contributed by atoms with E-state index in [4.69, 9.17) is 4.74 Å². The Kier molecular flexibility index (Phi) is 3.69. The van der Waals surface area contributed by atoms with E-state index in [1.165, 1.54) is 0 Å². The molecule has 1 aliphatic heterocycles. The van der Waals surface area contributed by atoms with Crippen LogP contribution in [-0.2, 0) is 16.1 Å². The third-order valence-corrected chi connectivity index (χ3v) is 3.87. The van der Waals surface area contributed by atoms with Crippen LogP contribution >= 0.6 is 0 Å². The van der Waals surface area contributed by atoms with E-state index < -0.39 is 0 Å². The quantitative estimate of drug-likeness (QED) is 0.927. The van der Waals surface area contributed by atoms with Gasteiger partial charge in [0, 0.05) is 31.7 Å². The highest BCUT2D eigenvalue weighted by Crippen LogP contribution is 2.20. The summed E-state index contributed by atoms with van der Waals surface area (Å²) >= 11 is 0. The Morgan fingerprint density at radius 3 is 3.30 bits per heavy atom. The van der Waals surface area contributed by atoms with Gasteiger partial charge in [0.1, 0.15) is 5.65 Å².